The second-order valence-corrected chi connectivity index (χ2v) is 17.6. The Morgan fingerprint density at radius 1 is 0.444 bits per heavy atom. The summed E-state index contributed by atoms with van der Waals surface area (Å²) in [7, 11) is 0. The van der Waals surface area contributed by atoms with Crippen molar-refractivity contribution in [3.8, 4) is 39.1 Å². The maximum absolute atomic E-state index is 2.42. The van der Waals surface area contributed by atoms with Gasteiger partial charge in [0.2, 0.25) is 0 Å². The first-order chi connectivity index (χ1) is 31.0. The smallest absolute Gasteiger partial charge is 0.0547 e. The van der Waals surface area contributed by atoms with E-state index in [0.717, 1.165) is 29.9 Å². The van der Waals surface area contributed by atoms with Crippen molar-refractivity contribution in [3.63, 3.8) is 0 Å². The summed E-state index contributed by atoms with van der Waals surface area (Å²) in [5.41, 5.74) is 19.7. The maximum atomic E-state index is 2.42. The summed E-state index contributed by atoms with van der Waals surface area (Å²) < 4.78 is 2.40. The summed E-state index contributed by atoms with van der Waals surface area (Å²) in [4.78, 5) is 2.41. The highest BCUT2D eigenvalue weighted by molar-refractivity contribution is 6.22. The zero-order chi connectivity index (χ0) is 42.1. The lowest BCUT2D eigenvalue weighted by atomic mass is 9.82. The van der Waals surface area contributed by atoms with Gasteiger partial charge in [-0.1, -0.05) is 166 Å². The molecule has 0 bridgehead atoms. The molecule has 0 saturated carbocycles. The van der Waals surface area contributed by atoms with E-state index in [2.05, 4.69) is 242 Å². The monoisotopic (exact) mass is 806 g/mol. The van der Waals surface area contributed by atoms with Crippen LogP contribution in [0, 0.1) is 0 Å². The molecule has 0 unspecified atom stereocenters. The van der Waals surface area contributed by atoms with Crippen LogP contribution in [-0.2, 0) is 5.41 Å². The molecule has 0 radical (unpaired) electrons. The molecule has 0 fully saturated rings. The van der Waals surface area contributed by atoms with Crippen LogP contribution in [0.25, 0.3) is 77.2 Å². The van der Waals surface area contributed by atoms with Gasteiger partial charge in [-0.3, -0.25) is 0 Å². The Morgan fingerprint density at radius 3 is 1.79 bits per heavy atom. The number of benzene rings is 9. The molecule has 0 amide bonds. The predicted octanol–water partition coefficient (Wildman–Crippen LogP) is 16.8. The van der Waals surface area contributed by atoms with E-state index in [-0.39, 0.29) is 5.41 Å². The Hall–Kier alpha value is -7.68. The third-order valence-electron chi connectivity index (χ3n) is 13.6. The van der Waals surface area contributed by atoms with Gasteiger partial charge in [-0.15, -0.1) is 0 Å². The molecule has 2 aliphatic carbocycles. The Bertz CT molecular complexity index is 3440. The molecule has 0 atom stereocenters. The molecule has 1 heterocycles. The van der Waals surface area contributed by atoms with Crippen LogP contribution in [-0.4, -0.2) is 4.57 Å². The number of hydrogen-bond donors (Lipinski definition) is 0. The molecule has 0 aliphatic heterocycles. The van der Waals surface area contributed by atoms with Crippen molar-refractivity contribution in [2.45, 2.75) is 32.1 Å². The summed E-state index contributed by atoms with van der Waals surface area (Å²) in [6.07, 6.45) is 9.10. The highest BCUT2D eigenvalue weighted by Gasteiger charge is 2.35. The van der Waals surface area contributed by atoms with Crippen LogP contribution < -0.4 is 4.90 Å². The maximum Gasteiger partial charge on any atom is 0.0547 e. The van der Waals surface area contributed by atoms with E-state index in [0.29, 0.717) is 0 Å². The number of para-hydroxylation sites is 1. The molecule has 0 saturated heterocycles. The average molecular weight is 807 g/mol. The van der Waals surface area contributed by atoms with Crippen molar-refractivity contribution in [1.82, 2.24) is 4.57 Å². The fraction of sp³-hybridized carbons (Fsp3) is 0.0820. The van der Waals surface area contributed by atoms with E-state index in [4.69, 9.17) is 0 Å². The van der Waals surface area contributed by atoms with E-state index in [1.165, 1.54) is 93.9 Å². The average Bonchev–Trinajstić information content (AvgIpc) is 3.80. The molecule has 1 aromatic heterocycles. The fourth-order valence-electron chi connectivity index (χ4n) is 10.4. The van der Waals surface area contributed by atoms with Gasteiger partial charge >= 0.3 is 0 Å². The third kappa shape index (κ3) is 6.16. The summed E-state index contributed by atoms with van der Waals surface area (Å²) in [5.74, 6) is 0. The summed E-state index contributed by atoms with van der Waals surface area (Å²) >= 11 is 0. The minimum absolute atomic E-state index is 0.0888. The number of fused-ring (bicyclic) bond motifs is 8. The van der Waals surface area contributed by atoms with Crippen LogP contribution in [0.15, 0.2) is 218 Å². The molecule has 300 valence electrons. The highest BCUT2D eigenvalue weighted by Crippen LogP contribution is 2.51. The minimum Gasteiger partial charge on any atom is -0.310 e. The van der Waals surface area contributed by atoms with E-state index in [1.54, 1.807) is 0 Å². The van der Waals surface area contributed by atoms with Gasteiger partial charge in [0.05, 0.1) is 11.0 Å². The van der Waals surface area contributed by atoms with Gasteiger partial charge in [0.1, 0.15) is 0 Å². The van der Waals surface area contributed by atoms with Crippen molar-refractivity contribution in [3.05, 3.63) is 235 Å². The first-order valence-electron chi connectivity index (χ1n) is 22.2. The summed E-state index contributed by atoms with van der Waals surface area (Å²) in [6, 6.07) is 74.1. The fourth-order valence-corrected chi connectivity index (χ4v) is 10.4. The van der Waals surface area contributed by atoms with E-state index in [9.17, 15) is 0 Å². The first-order valence-corrected chi connectivity index (χ1v) is 22.2. The normalized spacial score (nSPS) is 13.9. The van der Waals surface area contributed by atoms with Gasteiger partial charge < -0.3 is 9.47 Å². The molecule has 0 spiro atoms. The third-order valence-corrected chi connectivity index (χ3v) is 13.6. The van der Waals surface area contributed by atoms with Crippen molar-refractivity contribution < 1.29 is 0 Å². The summed E-state index contributed by atoms with van der Waals surface area (Å²) in [5, 5.41) is 5.09. The van der Waals surface area contributed by atoms with Crippen molar-refractivity contribution >= 4 is 55.2 Å². The first kappa shape index (κ1) is 37.1. The predicted molar refractivity (Wildman–Crippen MR) is 268 cm³/mol. The number of aromatic nitrogens is 1. The Morgan fingerprint density at radius 2 is 1.05 bits per heavy atom. The number of anilines is 3. The highest BCUT2D eigenvalue weighted by atomic mass is 15.1. The lowest BCUT2D eigenvalue weighted by Crippen LogP contribution is -2.16. The SMILES string of the molecule is CC1(C)c2ccccc2-c2ccc(N(c3ccc(C4=CCCC=C4)cc3)c3ccc(-c4ccc(-c5ccc6c(c5)c5c7ccccc7ccc5n6-c5ccccc5)cc4)cc3)cc21. The molecule has 0 N–H and O–H groups in total. The van der Waals surface area contributed by atoms with Gasteiger partial charge in [-0.05, 0) is 146 Å². The topological polar surface area (TPSA) is 8.17 Å². The summed E-state index contributed by atoms with van der Waals surface area (Å²) in [6.45, 7) is 4.72. The number of hydrogen-bond acceptors (Lipinski definition) is 1. The van der Waals surface area contributed by atoms with Crippen LogP contribution in [0.4, 0.5) is 17.1 Å². The number of rotatable bonds is 7. The van der Waals surface area contributed by atoms with Crippen LogP contribution in [0.5, 0.6) is 0 Å². The Balaban J connectivity index is 0.897. The molecule has 9 aromatic carbocycles. The van der Waals surface area contributed by atoms with Crippen LogP contribution in [0.1, 0.15) is 43.4 Å². The van der Waals surface area contributed by atoms with Crippen molar-refractivity contribution in [2.24, 2.45) is 0 Å². The molecule has 63 heavy (non-hydrogen) atoms. The van der Waals surface area contributed by atoms with Crippen LogP contribution >= 0.6 is 0 Å². The molecule has 2 aliphatic rings. The van der Waals surface area contributed by atoms with E-state index in [1.807, 2.05) is 0 Å². The second-order valence-electron chi connectivity index (χ2n) is 17.6. The van der Waals surface area contributed by atoms with Crippen LogP contribution in [0.3, 0.4) is 0 Å². The number of allylic oxidation sites excluding steroid dienone is 4. The van der Waals surface area contributed by atoms with Crippen molar-refractivity contribution in [2.75, 3.05) is 4.90 Å². The second kappa shape index (κ2) is 14.8. The molecule has 10 aromatic rings. The van der Waals surface area contributed by atoms with Gasteiger partial charge in [0.25, 0.3) is 0 Å². The standard InChI is InChI=1S/C61H46N2/c1-61(2)56-20-12-11-19-53(56)54-36-35-51(40-57(54)61)62(49-31-25-43(26-32-49)41-13-5-3-6-14-41)50-33-27-44(28-34-50)42-21-23-45(24-22-42)47-30-37-58-55(39-47)60-52-18-10-9-15-46(52)29-38-59(60)63(58)48-16-7-4-8-17-48/h4-5,7-40H,3,6H2,1-2H3. The lowest BCUT2D eigenvalue weighted by Gasteiger charge is -2.28. The molecular formula is C61H46N2. The zero-order valence-corrected chi connectivity index (χ0v) is 35.6. The van der Waals surface area contributed by atoms with Crippen LogP contribution in [0.2, 0.25) is 0 Å². The van der Waals surface area contributed by atoms with Gasteiger partial charge in [-0.25, -0.2) is 0 Å². The van der Waals surface area contributed by atoms with E-state index < -0.39 is 0 Å². The molecule has 12 rings (SSSR count). The lowest BCUT2D eigenvalue weighted by molar-refractivity contribution is 0.660. The molecule has 2 heteroatoms. The van der Waals surface area contributed by atoms with E-state index >= 15 is 0 Å². The minimum atomic E-state index is -0.0888. The van der Waals surface area contributed by atoms with Crippen molar-refractivity contribution in [1.29, 1.82) is 0 Å². The van der Waals surface area contributed by atoms with Gasteiger partial charge in [-0.2, -0.15) is 0 Å². The Kier molecular flexibility index (Phi) is 8.69. The zero-order valence-electron chi connectivity index (χ0n) is 35.6. The largest absolute Gasteiger partial charge is 0.310 e. The van der Waals surface area contributed by atoms with Gasteiger partial charge in [0.15, 0.2) is 0 Å². The van der Waals surface area contributed by atoms with Gasteiger partial charge in [0, 0.05) is 38.9 Å². The Labute approximate surface area is 369 Å². The quantitative estimate of drug-likeness (QED) is 0.156. The molecule has 2 nitrogen and oxygen atoms in total. The molecular weight excluding hydrogens is 761 g/mol. The number of nitrogens with zero attached hydrogens (tertiary/aromatic N) is 2.